The first-order chi connectivity index (χ1) is 8.77. The molecule has 94 valence electrons. The van der Waals surface area contributed by atoms with Crippen LogP contribution in [0.1, 0.15) is 17.2 Å². The van der Waals surface area contributed by atoms with Crippen molar-refractivity contribution in [3.05, 3.63) is 70.7 Å². The first kappa shape index (κ1) is 13.1. The monoisotopic (exact) mass is 261 g/mol. The number of hydrogen-bond donors (Lipinski definition) is 2. The Bertz CT molecular complexity index is 487. The van der Waals surface area contributed by atoms with Gasteiger partial charge in [0.1, 0.15) is 0 Å². The Morgan fingerprint density at radius 1 is 1.00 bits per heavy atom. The minimum atomic E-state index is -0.492. The summed E-state index contributed by atoms with van der Waals surface area (Å²) in [6.45, 7) is 1.17. The van der Waals surface area contributed by atoms with Crippen LogP contribution in [0.2, 0.25) is 5.02 Å². The summed E-state index contributed by atoms with van der Waals surface area (Å²) in [6, 6.07) is 17.3. The van der Waals surface area contributed by atoms with Gasteiger partial charge in [-0.05, 0) is 17.2 Å². The molecule has 2 nitrogen and oxygen atoms in total. The molecule has 2 N–H and O–H groups in total. The lowest BCUT2D eigenvalue weighted by Gasteiger charge is -2.12. The van der Waals surface area contributed by atoms with Gasteiger partial charge in [-0.2, -0.15) is 0 Å². The maximum atomic E-state index is 9.97. The molecule has 0 radical (unpaired) electrons. The summed E-state index contributed by atoms with van der Waals surface area (Å²) in [5.41, 5.74) is 1.96. The van der Waals surface area contributed by atoms with Crippen LogP contribution in [0.3, 0.4) is 0 Å². The summed E-state index contributed by atoms with van der Waals surface area (Å²) in [6.07, 6.45) is -0.492. The van der Waals surface area contributed by atoms with Crippen LogP contribution in [-0.4, -0.2) is 11.7 Å². The van der Waals surface area contributed by atoms with E-state index in [1.54, 1.807) is 0 Å². The van der Waals surface area contributed by atoms with Gasteiger partial charge in [-0.3, -0.25) is 0 Å². The molecule has 0 fully saturated rings. The van der Waals surface area contributed by atoms with Crippen molar-refractivity contribution < 1.29 is 5.11 Å². The minimum Gasteiger partial charge on any atom is -0.387 e. The Labute approximate surface area is 112 Å². The van der Waals surface area contributed by atoms with E-state index in [1.807, 2.05) is 54.6 Å². The van der Waals surface area contributed by atoms with Crippen LogP contribution >= 0.6 is 11.6 Å². The third kappa shape index (κ3) is 3.57. The summed E-state index contributed by atoms with van der Waals surface area (Å²) in [4.78, 5) is 0. The number of nitrogens with one attached hydrogen (secondary N) is 1. The second-order valence-corrected chi connectivity index (χ2v) is 4.56. The predicted octanol–water partition coefficient (Wildman–Crippen LogP) is 3.16. The quantitative estimate of drug-likeness (QED) is 0.867. The molecule has 0 spiro atoms. The lowest BCUT2D eigenvalue weighted by molar-refractivity contribution is 0.174. The maximum Gasteiger partial charge on any atom is 0.0914 e. The normalized spacial score (nSPS) is 12.3. The van der Waals surface area contributed by atoms with Crippen LogP contribution in [0.5, 0.6) is 0 Å². The van der Waals surface area contributed by atoms with E-state index in [0.717, 1.165) is 16.1 Å². The number of hydrogen-bond acceptors (Lipinski definition) is 2. The molecule has 2 rings (SSSR count). The molecule has 18 heavy (non-hydrogen) atoms. The van der Waals surface area contributed by atoms with E-state index in [-0.39, 0.29) is 0 Å². The second-order valence-electron chi connectivity index (χ2n) is 4.15. The smallest absolute Gasteiger partial charge is 0.0914 e. The zero-order valence-electron chi connectivity index (χ0n) is 10.0. The molecule has 2 aromatic carbocycles. The fourth-order valence-electron chi connectivity index (χ4n) is 1.78. The van der Waals surface area contributed by atoms with Crippen LogP contribution in [0.15, 0.2) is 54.6 Å². The van der Waals surface area contributed by atoms with Crippen LogP contribution in [-0.2, 0) is 6.54 Å². The third-order valence-electron chi connectivity index (χ3n) is 2.80. The zero-order chi connectivity index (χ0) is 12.8. The largest absolute Gasteiger partial charge is 0.387 e. The Morgan fingerprint density at radius 2 is 1.67 bits per heavy atom. The molecule has 0 saturated carbocycles. The van der Waals surface area contributed by atoms with Gasteiger partial charge in [0.25, 0.3) is 0 Å². The first-order valence-corrected chi connectivity index (χ1v) is 6.32. The van der Waals surface area contributed by atoms with Crippen LogP contribution in [0.25, 0.3) is 0 Å². The molecule has 1 atom stereocenters. The highest BCUT2D eigenvalue weighted by Gasteiger charge is 2.06. The van der Waals surface area contributed by atoms with Crippen molar-refractivity contribution in [2.24, 2.45) is 0 Å². The van der Waals surface area contributed by atoms with Crippen LogP contribution in [0.4, 0.5) is 0 Å². The van der Waals surface area contributed by atoms with E-state index in [1.165, 1.54) is 0 Å². The van der Waals surface area contributed by atoms with Crippen molar-refractivity contribution in [2.75, 3.05) is 6.54 Å². The molecule has 0 aliphatic rings. The minimum absolute atomic E-state index is 0.492. The summed E-state index contributed by atoms with van der Waals surface area (Å²) < 4.78 is 0. The highest BCUT2D eigenvalue weighted by atomic mass is 35.5. The lowest BCUT2D eigenvalue weighted by atomic mass is 10.1. The molecule has 0 heterocycles. The molecular formula is C15H16ClNO. The van der Waals surface area contributed by atoms with Crippen LogP contribution < -0.4 is 5.32 Å². The van der Waals surface area contributed by atoms with Crippen molar-refractivity contribution in [2.45, 2.75) is 12.6 Å². The molecule has 0 amide bonds. The molecule has 2 aromatic rings. The molecule has 0 bridgehead atoms. The van der Waals surface area contributed by atoms with E-state index < -0.39 is 6.10 Å². The van der Waals surface area contributed by atoms with E-state index in [2.05, 4.69) is 5.32 Å². The molecular weight excluding hydrogens is 246 g/mol. The van der Waals surface area contributed by atoms with Crippen LogP contribution in [0, 0.1) is 0 Å². The summed E-state index contributed by atoms with van der Waals surface area (Å²) in [7, 11) is 0. The van der Waals surface area contributed by atoms with Gasteiger partial charge in [0.05, 0.1) is 6.10 Å². The Balaban J connectivity index is 1.84. The summed E-state index contributed by atoms with van der Waals surface area (Å²) >= 11 is 6.05. The molecule has 0 unspecified atom stereocenters. The third-order valence-corrected chi connectivity index (χ3v) is 3.16. The van der Waals surface area contributed by atoms with Gasteiger partial charge in [0, 0.05) is 18.1 Å². The predicted molar refractivity (Wildman–Crippen MR) is 74.6 cm³/mol. The second kappa shape index (κ2) is 6.55. The van der Waals surface area contributed by atoms with Crippen molar-refractivity contribution in [3.8, 4) is 0 Å². The molecule has 0 aromatic heterocycles. The average Bonchev–Trinajstić information content (AvgIpc) is 2.42. The maximum absolute atomic E-state index is 9.97. The number of benzene rings is 2. The van der Waals surface area contributed by atoms with Gasteiger partial charge in [-0.25, -0.2) is 0 Å². The topological polar surface area (TPSA) is 32.3 Å². The number of aliphatic hydroxyl groups is 1. The average molecular weight is 262 g/mol. The van der Waals surface area contributed by atoms with Crippen molar-refractivity contribution >= 4 is 11.6 Å². The fourth-order valence-corrected chi connectivity index (χ4v) is 1.98. The van der Waals surface area contributed by atoms with E-state index >= 15 is 0 Å². The molecule has 0 saturated heterocycles. The Morgan fingerprint density at radius 3 is 2.39 bits per heavy atom. The van der Waals surface area contributed by atoms with Crippen molar-refractivity contribution in [3.63, 3.8) is 0 Å². The highest BCUT2D eigenvalue weighted by molar-refractivity contribution is 6.31. The van der Waals surface area contributed by atoms with Gasteiger partial charge in [-0.15, -0.1) is 0 Å². The highest BCUT2D eigenvalue weighted by Crippen LogP contribution is 2.15. The van der Waals surface area contributed by atoms with Gasteiger partial charge in [-0.1, -0.05) is 60.1 Å². The van der Waals surface area contributed by atoms with Crippen molar-refractivity contribution in [1.82, 2.24) is 5.32 Å². The van der Waals surface area contributed by atoms with E-state index in [9.17, 15) is 5.11 Å². The van der Waals surface area contributed by atoms with Gasteiger partial charge in [0.2, 0.25) is 0 Å². The van der Waals surface area contributed by atoms with Crippen molar-refractivity contribution in [1.29, 1.82) is 0 Å². The van der Waals surface area contributed by atoms with E-state index in [4.69, 9.17) is 11.6 Å². The first-order valence-electron chi connectivity index (χ1n) is 5.94. The lowest BCUT2D eigenvalue weighted by Crippen LogP contribution is -2.21. The standard InChI is InChI=1S/C15H16ClNO/c16-14-9-5-4-8-13(14)10-17-11-15(18)12-6-2-1-3-7-12/h1-9,15,17-18H,10-11H2/t15-/m1/s1. The van der Waals surface area contributed by atoms with Gasteiger partial charge >= 0.3 is 0 Å². The Hall–Kier alpha value is -1.35. The van der Waals surface area contributed by atoms with Gasteiger partial charge in [0.15, 0.2) is 0 Å². The number of rotatable bonds is 5. The fraction of sp³-hybridized carbons (Fsp3) is 0.200. The molecule has 0 aliphatic carbocycles. The zero-order valence-corrected chi connectivity index (χ0v) is 10.8. The van der Waals surface area contributed by atoms with Gasteiger partial charge < -0.3 is 10.4 Å². The number of aliphatic hydroxyl groups excluding tert-OH is 1. The van der Waals surface area contributed by atoms with E-state index in [0.29, 0.717) is 13.1 Å². The molecule has 0 aliphatic heterocycles. The summed E-state index contributed by atoms with van der Waals surface area (Å²) in [5.74, 6) is 0. The summed E-state index contributed by atoms with van der Waals surface area (Å²) in [5, 5.41) is 13.9. The number of halogens is 1. The molecule has 3 heteroatoms. The SMILES string of the molecule is O[C@H](CNCc1ccccc1Cl)c1ccccc1. The Kier molecular flexibility index (Phi) is 4.76.